The van der Waals surface area contributed by atoms with Gasteiger partial charge in [-0.15, -0.1) is 0 Å². The van der Waals surface area contributed by atoms with E-state index >= 15 is 0 Å². The third kappa shape index (κ3) is 2.48. The fraction of sp³-hybridized carbons (Fsp3) is 0.118. The molecule has 2 aromatic heterocycles. The molecular formula is C17H12FN3O2. The van der Waals surface area contributed by atoms with Crippen molar-refractivity contribution in [3.63, 3.8) is 0 Å². The zero-order chi connectivity index (χ0) is 15.8. The lowest BCUT2D eigenvalue weighted by Crippen LogP contribution is -1.82. The number of fused-ring (bicyclic) bond motifs is 1. The topological polar surface area (TPSA) is 65.0 Å². The van der Waals surface area contributed by atoms with Crippen molar-refractivity contribution in [2.45, 2.75) is 13.3 Å². The zero-order valence-electron chi connectivity index (χ0n) is 12.3. The first-order valence-corrected chi connectivity index (χ1v) is 7.22. The van der Waals surface area contributed by atoms with E-state index < -0.39 is 0 Å². The van der Waals surface area contributed by atoms with Gasteiger partial charge in [0.05, 0.1) is 0 Å². The molecule has 0 fully saturated rings. The lowest BCUT2D eigenvalue weighted by atomic mass is 10.2. The third-order valence-electron chi connectivity index (χ3n) is 3.51. The fourth-order valence-electron chi connectivity index (χ4n) is 2.32. The number of hydrogen-bond donors (Lipinski definition) is 0. The van der Waals surface area contributed by atoms with E-state index in [1.54, 1.807) is 12.1 Å². The highest BCUT2D eigenvalue weighted by Crippen LogP contribution is 2.25. The molecule has 0 aliphatic heterocycles. The minimum Gasteiger partial charge on any atom is -0.441 e. The normalized spacial score (nSPS) is 11.2. The van der Waals surface area contributed by atoms with Crippen molar-refractivity contribution in [1.82, 2.24) is 15.1 Å². The molecule has 0 spiro atoms. The van der Waals surface area contributed by atoms with Crippen LogP contribution in [0.5, 0.6) is 0 Å². The second-order valence-corrected chi connectivity index (χ2v) is 5.07. The molecule has 2 heterocycles. The van der Waals surface area contributed by atoms with Crippen molar-refractivity contribution >= 4 is 11.1 Å². The van der Waals surface area contributed by atoms with E-state index in [4.69, 9.17) is 8.94 Å². The van der Waals surface area contributed by atoms with Crippen molar-refractivity contribution < 1.29 is 13.3 Å². The van der Waals surface area contributed by atoms with Crippen LogP contribution in [0.4, 0.5) is 4.39 Å². The van der Waals surface area contributed by atoms with Gasteiger partial charge in [0, 0.05) is 17.5 Å². The van der Waals surface area contributed by atoms with E-state index in [1.165, 1.54) is 12.1 Å². The molecule has 0 aliphatic rings. The molecule has 114 valence electrons. The molecule has 0 saturated carbocycles. The first kappa shape index (κ1) is 13.6. The van der Waals surface area contributed by atoms with E-state index in [2.05, 4.69) is 15.1 Å². The number of nitrogens with zero attached hydrogens (tertiary/aromatic N) is 3. The Morgan fingerprint density at radius 3 is 2.57 bits per heavy atom. The van der Waals surface area contributed by atoms with Crippen LogP contribution < -0.4 is 0 Å². The molecular weight excluding hydrogens is 297 g/mol. The molecule has 23 heavy (non-hydrogen) atoms. The number of aromatic nitrogens is 3. The summed E-state index contributed by atoms with van der Waals surface area (Å²) >= 11 is 0. The maximum Gasteiger partial charge on any atom is 0.258 e. The monoisotopic (exact) mass is 309 g/mol. The highest BCUT2D eigenvalue weighted by atomic mass is 19.1. The van der Waals surface area contributed by atoms with Crippen LogP contribution in [0.15, 0.2) is 51.4 Å². The molecule has 6 heteroatoms. The summed E-state index contributed by atoms with van der Waals surface area (Å²) in [5, 5.41) is 3.98. The Kier molecular flexibility index (Phi) is 3.15. The quantitative estimate of drug-likeness (QED) is 0.566. The molecule has 0 bridgehead atoms. The second kappa shape index (κ2) is 5.31. The summed E-state index contributed by atoms with van der Waals surface area (Å²) in [5.74, 6) is 1.18. The van der Waals surface area contributed by atoms with Crippen LogP contribution in [0.1, 0.15) is 12.8 Å². The van der Waals surface area contributed by atoms with Crippen molar-refractivity contribution in [2.24, 2.45) is 0 Å². The zero-order valence-corrected chi connectivity index (χ0v) is 12.3. The first-order valence-electron chi connectivity index (χ1n) is 7.22. The van der Waals surface area contributed by atoms with Gasteiger partial charge in [-0.1, -0.05) is 12.1 Å². The molecule has 0 N–H and O–H groups in total. The Hall–Kier alpha value is -3.02. The van der Waals surface area contributed by atoms with Gasteiger partial charge in [-0.05, 0) is 42.5 Å². The lowest BCUT2D eigenvalue weighted by Gasteiger charge is -1.93. The standard InChI is InChI=1S/C17H12FN3O2/c1-2-15-19-13-9-11(5-8-14(13)22-15)16-20-17(23-21-16)10-3-6-12(18)7-4-10/h3-9H,2H2,1H3. The Balaban J connectivity index is 1.72. The molecule has 2 aromatic carbocycles. The number of oxazole rings is 1. The van der Waals surface area contributed by atoms with Gasteiger partial charge in [-0.3, -0.25) is 0 Å². The highest BCUT2D eigenvalue weighted by molar-refractivity contribution is 5.78. The summed E-state index contributed by atoms with van der Waals surface area (Å²) in [7, 11) is 0. The minimum absolute atomic E-state index is 0.309. The van der Waals surface area contributed by atoms with Crippen LogP contribution in [0, 0.1) is 5.82 Å². The fourth-order valence-corrected chi connectivity index (χ4v) is 2.32. The SMILES string of the molecule is CCc1nc2cc(-c3noc(-c4ccc(F)cc4)n3)ccc2o1. The van der Waals surface area contributed by atoms with E-state index in [0.717, 1.165) is 23.1 Å². The summed E-state index contributed by atoms with van der Waals surface area (Å²) in [4.78, 5) is 8.75. The van der Waals surface area contributed by atoms with Crippen LogP contribution in [0.2, 0.25) is 0 Å². The molecule has 4 rings (SSSR count). The minimum atomic E-state index is -0.309. The Morgan fingerprint density at radius 1 is 1.00 bits per heavy atom. The highest BCUT2D eigenvalue weighted by Gasteiger charge is 2.13. The van der Waals surface area contributed by atoms with Gasteiger partial charge < -0.3 is 8.94 Å². The predicted molar refractivity (Wildman–Crippen MR) is 82.1 cm³/mol. The van der Waals surface area contributed by atoms with Gasteiger partial charge in [-0.25, -0.2) is 9.37 Å². The molecule has 4 aromatic rings. The maximum absolute atomic E-state index is 13.0. The number of hydrogen-bond acceptors (Lipinski definition) is 5. The molecule has 0 saturated heterocycles. The lowest BCUT2D eigenvalue weighted by molar-refractivity contribution is 0.432. The van der Waals surface area contributed by atoms with Crippen LogP contribution >= 0.6 is 0 Å². The Labute approximate surface area is 130 Å². The third-order valence-corrected chi connectivity index (χ3v) is 3.51. The van der Waals surface area contributed by atoms with Crippen molar-refractivity contribution in [1.29, 1.82) is 0 Å². The van der Waals surface area contributed by atoms with Gasteiger partial charge in [0.25, 0.3) is 5.89 Å². The summed E-state index contributed by atoms with van der Waals surface area (Å²) in [6.07, 6.45) is 0.737. The number of rotatable bonds is 3. The number of aryl methyl sites for hydroxylation is 1. The summed E-state index contributed by atoms with van der Waals surface area (Å²) in [5.41, 5.74) is 2.94. The van der Waals surface area contributed by atoms with Gasteiger partial charge in [0.2, 0.25) is 5.82 Å². The largest absolute Gasteiger partial charge is 0.441 e. The molecule has 0 radical (unpaired) electrons. The number of halogens is 1. The van der Waals surface area contributed by atoms with Gasteiger partial charge >= 0.3 is 0 Å². The van der Waals surface area contributed by atoms with Crippen LogP contribution in [0.25, 0.3) is 33.9 Å². The van der Waals surface area contributed by atoms with E-state index in [-0.39, 0.29) is 5.82 Å². The average Bonchev–Trinajstić information content (AvgIpc) is 3.21. The molecule has 0 unspecified atom stereocenters. The van der Waals surface area contributed by atoms with Crippen molar-refractivity contribution in [3.8, 4) is 22.8 Å². The predicted octanol–water partition coefficient (Wildman–Crippen LogP) is 4.25. The number of benzene rings is 2. The van der Waals surface area contributed by atoms with E-state index in [0.29, 0.717) is 23.2 Å². The van der Waals surface area contributed by atoms with Gasteiger partial charge in [0.1, 0.15) is 11.3 Å². The van der Waals surface area contributed by atoms with Crippen LogP contribution in [0.3, 0.4) is 0 Å². The molecule has 5 nitrogen and oxygen atoms in total. The summed E-state index contributed by atoms with van der Waals surface area (Å²) < 4.78 is 23.8. The molecule has 0 aliphatic carbocycles. The van der Waals surface area contributed by atoms with Crippen LogP contribution in [-0.4, -0.2) is 15.1 Å². The Morgan fingerprint density at radius 2 is 1.78 bits per heavy atom. The Bertz CT molecular complexity index is 973. The van der Waals surface area contributed by atoms with Crippen molar-refractivity contribution in [2.75, 3.05) is 0 Å². The smallest absolute Gasteiger partial charge is 0.258 e. The van der Waals surface area contributed by atoms with Crippen molar-refractivity contribution in [3.05, 3.63) is 54.2 Å². The van der Waals surface area contributed by atoms with E-state index in [1.807, 2.05) is 25.1 Å². The first-order chi connectivity index (χ1) is 11.2. The summed E-state index contributed by atoms with van der Waals surface area (Å²) in [6.45, 7) is 1.99. The maximum atomic E-state index is 13.0. The average molecular weight is 309 g/mol. The van der Waals surface area contributed by atoms with Gasteiger partial charge in [-0.2, -0.15) is 4.98 Å². The van der Waals surface area contributed by atoms with E-state index in [9.17, 15) is 4.39 Å². The second-order valence-electron chi connectivity index (χ2n) is 5.07. The van der Waals surface area contributed by atoms with Gasteiger partial charge in [0.15, 0.2) is 11.5 Å². The molecule has 0 atom stereocenters. The summed E-state index contributed by atoms with van der Waals surface area (Å²) in [6, 6.07) is 11.5. The molecule has 0 amide bonds. The van der Waals surface area contributed by atoms with Crippen LogP contribution in [-0.2, 0) is 6.42 Å².